The van der Waals surface area contributed by atoms with Crippen LogP contribution in [0.3, 0.4) is 0 Å². The average Bonchev–Trinajstić information content (AvgIpc) is 2.78. The van der Waals surface area contributed by atoms with Crippen LogP contribution in [0.15, 0.2) is 24.3 Å². The number of hydrogen-bond acceptors (Lipinski definition) is 2. The van der Waals surface area contributed by atoms with Gasteiger partial charge in [-0.2, -0.15) is 0 Å². The Kier molecular flexibility index (Phi) is 4.81. The minimum atomic E-state index is 0.0647. The Labute approximate surface area is 120 Å². The number of likely N-dealkylation sites (tertiary alicyclic amines) is 1. The van der Waals surface area contributed by atoms with Gasteiger partial charge < -0.3 is 10.0 Å². The van der Waals surface area contributed by atoms with Crippen molar-refractivity contribution < 1.29 is 9.90 Å². The fraction of sp³-hybridized carbons (Fsp3) is 0.471. The van der Waals surface area contributed by atoms with Gasteiger partial charge in [0.2, 0.25) is 0 Å². The van der Waals surface area contributed by atoms with Crippen molar-refractivity contribution in [2.24, 2.45) is 11.8 Å². The lowest BCUT2D eigenvalue weighted by atomic mass is 10.0. The third kappa shape index (κ3) is 3.40. The van der Waals surface area contributed by atoms with Gasteiger partial charge in [-0.3, -0.25) is 4.79 Å². The molecule has 0 saturated carbocycles. The van der Waals surface area contributed by atoms with E-state index in [-0.39, 0.29) is 12.5 Å². The molecule has 1 N–H and O–H groups in total. The molecule has 106 valence electrons. The minimum absolute atomic E-state index is 0.0647. The molecule has 0 radical (unpaired) electrons. The van der Waals surface area contributed by atoms with E-state index >= 15 is 0 Å². The van der Waals surface area contributed by atoms with Gasteiger partial charge in [-0.25, -0.2) is 0 Å². The molecule has 0 spiro atoms. The Morgan fingerprint density at radius 1 is 1.35 bits per heavy atom. The van der Waals surface area contributed by atoms with Gasteiger partial charge in [0, 0.05) is 30.6 Å². The fourth-order valence-corrected chi connectivity index (χ4v) is 2.43. The third-order valence-electron chi connectivity index (χ3n) is 3.85. The van der Waals surface area contributed by atoms with E-state index < -0.39 is 0 Å². The first-order valence-corrected chi connectivity index (χ1v) is 7.11. The second-order valence-corrected chi connectivity index (χ2v) is 5.52. The molecule has 1 fully saturated rings. The van der Waals surface area contributed by atoms with Gasteiger partial charge in [0.1, 0.15) is 0 Å². The fourth-order valence-electron chi connectivity index (χ4n) is 2.43. The quantitative estimate of drug-likeness (QED) is 0.837. The lowest BCUT2D eigenvalue weighted by molar-refractivity contribution is 0.0785. The number of carbonyl (C=O) groups is 1. The summed E-state index contributed by atoms with van der Waals surface area (Å²) in [4.78, 5) is 14.4. The second-order valence-electron chi connectivity index (χ2n) is 5.52. The Morgan fingerprint density at radius 3 is 2.70 bits per heavy atom. The van der Waals surface area contributed by atoms with E-state index in [9.17, 15) is 4.79 Å². The molecule has 1 aromatic carbocycles. The van der Waals surface area contributed by atoms with Crippen molar-refractivity contribution in [2.75, 3.05) is 19.7 Å². The topological polar surface area (TPSA) is 40.5 Å². The molecule has 0 aliphatic carbocycles. The lowest BCUT2D eigenvalue weighted by Crippen LogP contribution is -2.28. The Balaban J connectivity index is 2.11. The molecular formula is C17H21NO2. The van der Waals surface area contributed by atoms with Gasteiger partial charge in [-0.15, -0.1) is 0 Å². The van der Waals surface area contributed by atoms with Crippen molar-refractivity contribution in [1.29, 1.82) is 0 Å². The van der Waals surface area contributed by atoms with Crippen LogP contribution >= 0.6 is 0 Å². The number of aliphatic hydroxyl groups is 1. The van der Waals surface area contributed by atoms with Crippen LogP contribution in [0.25, 0.3) is 0 Å². The zero-order valence-electron chi connectivity index (χ0n) is 12.1. The van der Waals surface area contributed by atoms with Crippen molar-refractivity contribution >= 4 is 5.91 Å². The van der Waals surface area contributed by atoms with Crippen molar-refractivity contribution in [3.8, 4) is 11.8 Å². The maximum absolute atomic E-state index is 12.5. The van der Waals surface area contributed by atoms with Crippen LogP contribution in [-0.2, 0) is 0 Å². The number of rotatable bonds is 2. The number of carbonyl (C=O) groups excluding carboxylic acids is 1. The predicted molar refractivity (Wildman–Crippen MR) is 79.3 cm³/mol. The molecule has 20 heavy (non-hydrogen) atoms. The number of amides is 1. The van der Waals surface area contributed by atoms with Crippen LogP contribution < -0.4 is 0 Å². The van der Waals surface area contributed by atoms with E-state index in [0.29, 0.717) is 23.8 Å². The molecule has 3 heteroatoms. The molecule has 0 aromatic heterocycles. The van der Waals surface area contributed by atoms with E-state index in [4.69, 9.17) is 5.11 Å². The largest absolute Gasteiger partial charge is 0.395 e. The standard InChI is InChI=1S/C17H21NO2/c1-13-11-18(12-14(13)2)17(20)16-8-5-7-15(10-16)6-3-4-9-19/h5,7-8,10,13-14,19H,4,9,11-12H2,1-2H3. The van der Waals surface area contributed by atoms with Crippen LogP contribution in [-0.4, -0.2) is 35.6 Å². The van der Waals surface area contributed by atoms with Crippen LogP contribution in [0.2, 0.25) is 0 Å². The summed E-state index contributed by atoms with van der Waals surface area (Å²) in [6.45, 7) is 6.11. The molecule has 1 heterocycles. The zero-order chi connectivity index (χ0) is 14.5. The summed E-state index contributed by atoms with van der Waals surface area (Å²) in [6, 6.07) is 7.42. The summed E-state index contributed by atoms with van der Waals surface area (Å²) in [5, 5.41) is 8.72. The highest BCUT2D eigenvalue weighted by molar-refractivity contribution is 5.94. The van der Waals surface area contributed by atoms with Crippen LogP contribution in [0, 0.1) is 23.7 Å². The minimum Gasteiger partial charge on any atom is -0.395 e. The zero-order valence-corrected chi connectivity index (χ0v) is 12.1. The van der Waals surface area contributed by atoms with Gasteiger partial charge in [-0.1, -0.05) is 31.8 Å². The van der Waals surface area contributed by atoms with Crippen molar-refractivity contribution in [2.45, 2.75) is 20.3 Å². The summed E-state index contributed by atoms with van der Waals surface area (Å²) in [5.74, 6) is 7.06. The Hall–Kier alpha value is -1.79. The molecule has 2 atom stereocenters. The highest BCUT2D eigenvalue weighted by Crippen LogP contribution is 2.23. The summed E-state index contributed by atoms with van der Waals surface area (Å²) in [7, 11) is 0. The van der Waals surface area contributed by atoms with Gasteiger partial charge in [0.15, 0.2) is 0 Å². The normalized spacial score (nSPS) is 21.4. The van der Waals surface area contributed by atoms with Gasteiger partial charge >= 0.3 is 0 Å². The van der Waals surface area contributed by atoms with Gasteiger partial charge in [0.05, 0.1) is 6.61 Å². The molecule has 1 saturated heterocycles. The van der Waals surface area contributed by atoms with E-state index in [1.165, 1.54) is 0 Å². The summed E-state index contributed by atoms with van der Waals surface area (Å²) < 4.78 is 0. The summed E-state index contributed by atoms with van der Waals surface area (Å²) >= 11 is 0. The number of aliphatic hydroxyl groups excluding tert-OH is 1. The van der Waals surface area contributed by atoms with Crippen LogP contribution in [0.4, 0.5) is 0 Å². The van der Waals surface area contributed by atoms with E-state index in [1.807, 2.05) is 29.2 Å². The molecule has 1 aliphatic heterocycles. The van der Waals surface area contributed by atoms with Crippen LogP contribution in [0.1, 0.15) is 36.2 Å². The average molecular weight is 271 g/mol. The van der Waals surface area contributed by atoms with Crippen molar-refractivity contribution in [3.63, 3.8) is 0 Å². The molecule has 1 amide bonds. The monoisotopic (exact) mass is 271 g/mol. The maximum Gasteiger partial charge on any atom is 0.253 e. The highest BCUT2D eigenvalue weighted by atomic mass is 16.2. The van der Waals surface area contributed by atoms with E-state index in [2.05, 4.69) is 25.7 Å². The number of hydrogen-bond donors (Lipinski definition) is 1. The van der Waals surface area contributed by atoms with Gasteiger partial charge in [0.25, 0.3) is 5.91 Å². The Morgan fingerprint density at radius 2 is 2.05 bits per heavy atom. The molecule has 2 unspecified atom stereocenters. The van der Waals surface area contributed by atoms with Gasteiger partial charge in [-0.05, 0) is 30.0 Å². The number of nitrogens with zero attached hydrogens (tertiary/aromatic N) is 1. The second kappa shape index (κ2) is 6.58. The highest BCUT2D eigenvalue weighted by Gasteiger charge is 2.29. The first-order valence-electron chi connectivity index (χ1n) is 7.11. The molecular weight excluding hydrogens is 250 g/mol. The smallest absolute Gasteiger partial charge is 0.253 e. The summed E-state index contributed by atoms with van der Waals surface area (Å²) in [5.41, 5.74) is 1.52. The van der Waals surface area contributed by atoms with Crippen LogP contribution in [0.5, 0.6) is 0 Å². The summed E-state index contributed by atoms with van der Waals surface area (Å²) in [6.07, 6.45) is 0.458. The molecule has 1 aliphatic rings. The lowest BCUT2D eigenvalue weighted by Gasteiger charge is -2.16. The van der Waals surface area contributed by atoms with E-state index in [0.717, 1.165) is 18.7 Å². The molecule has 1 aromatic rings. The maximum atomic E-state index is 12.5. The molecule has 2 rings (SSSR count). The Bertz CT molecular complexity index is 531. The predicted octanol–water partition coefficient (Wildman–Crippen LogP) is 2.15. The first kappa shape index (κ1) is 14.6. The molecule has 0 bridgehead atoms. The third-order valence-corrected chi connectivity index (χ3v) is 3.85. The number of benzene rings is 1. The first-order chi connectivity index (χ1) is 9.61. The molecule has 3 nitrogen and oxygen atoms in total. The SMILES string of the molecule is CC1CN(C(=O)c2cccc(C#CCCO)c2)CC1C. The van der Waals surface area contributed by atoms with Crippen molar-refractivity contribution in [3.05, 3.63) is 35.4 Å². The van der Waals surface area contributed by atoms with E-state index in [1.54, 1.807) is 0 Å². The van der Waals surface area contributed by atoms with Crippen molar-refractivity contribution in [1.82, 2.24) is 4.90 Å².